The summed E-state index contributed by atoms with van der Waals surface area (Å²) in [5, 5.41) is 0. The first-order chi connectivity index (χ1) is 13.0. The van der Waals surface area contributed by atoms with Crippen LogP contribution in [0.2, 0.25) is 0 Å². The van der Waals surface area contributed by atoms with Gasteiger partial charge in [0, 0.05) is 11.4 Å². The van der Waals surface area contributed by atoms with Gasteiger partial charge in [-0.3, -0.25) is 14.5 Å². The van der Waals surface area contributed by atoms with E-state index in [0.717, 1.165) is 16.2 Å². The fourth-order valence-electron chi connectivity index (χ4n) is 2.92. The van der Waals surface area contributed by atoms with Crippen molar-refractivity contribution in [2.24, 2.45) is 5.92 Å². The van der Waals surface area contributed by atoms with Gasteiger partial charge in [0.2, 0.25) is 0 Å². The minimum Gasteiger partial charge on any atom is -0.494 e. The molecule has 1 aliphatic heterocycles. The van der Waals surface area contributed by atoms with Gasteiger partial charge in [-0.25, -0.2) is 0 Å². The highest BCUT2D eigenvalue weighted by Crippen LogP contribution is 2.40. The predicted octanol–water partition coefficient (Wildman–Crippen LogP) is 4.61. The smallest absolute Gasteiger partial charge is 0.268 e. The lowest BCUT2D eigenvalue weighted by molar-refractivity contribution is -0.137. The van der Waals surface area contributed by atoms with Gasteiger partial charge in [-0.2, -0.15) is 0 Å². The van der Waals surface area contributed by atoms with Crippen LogP contribution in [-0.2, 0) is 9.59 Å². The van der Waals surface area contributed by atoms with Gasteiger partial charge in [-0.05, 0) is 42.7 Å². The summed E-state index contributed by atoms with van der Waals surface area (Å²) in [5.41, 5.74) is 1.21. The number of rotatable bonds is 7. The Morgan fingerprint density at radius 2 is 1.63 bits per heavy atom. The summed E-state index contributed by atoms with van der Waals surface area (Å²) < 4.78 is 5.48. The van der Waals surface area contributed by atoms with Crippen LogP contribution in [0, 0.1) is 5.92 Å². The van der Waals surface area contributed by atoms with E-state index in [9.17, 15) is 9.59 Å². The average Bonchev–Trinajstić information content (AvgIpc) is 2.88. The predicted molar refractivity (Wildman–Crippen MR) is 108 cm³/mol. The summed E-state index contributed by atoms with van der Waals surface area (Å²) >= 11 is 1.35. The van der Waals surface area contributed by atoms with Gasteiger partial charge in [0.15, 0.2) is 0 Å². The van der Waals surface area contributed by atoms with E-state index in [1.807, 2.05) is 75.4 Å². The highest BCUT2D eigenvalue weighted by molar-refractivity contribution is 8.04. The third-order valence-electron chi connectivity index (χ3n) is 4.09. The molecule has 0 unspecified atom stereocenters. The number of hydrogen-bond donors (Lipinski definition) is 0. The topological polar surface area (TPSA) is 46.6 Å². The zero-order valence-corrected chi connectivity index (χ0v) is 16.6. The second-order valence-corrected chi connectivity index (χ2v) is 7.78. The third kappa shape index (κ3) is 4.25. The molecule has 0 bridgehead atoms. The molecule has 4 nitrogen and oxygen atoms in total. The monoisotopic (exact) mass is 381 g/mol. The van der Waals surface area contributed by atoms with Crippen LogP contribution in [0.4, 0.5) is 0 Å². The molecule has 27 heavy (non-hydrogen) atoms. The number of carbonyl (C=O) groups excluding carboxylic acids is 2. The summed E-state index contributed by atoms with van der Waals surface area (Å²) in [6, 6.07) is 17.0. The molecule has 0 fully saturated rings. The van der Waals surface area contributed by atoms with Gasteiger partial charge in [-0.15, -0.1) is 0 Å². The Morgan fingerprint density at radius 1 is 0.963 bits per heavy atom. The average molecular weight is 381 g/mol. The van der Waals surface area contributed by atoms with Crippen LogP contribution in [0.25, 0.3) is 5.57 Å². The lowest BCUT2D eigenvalue weighted by Crippen LogP contribution is -2.34. The largest absolute Gasteiger partial charge is 0.494 e. The molecule has 2 aromatic rings. The fourth-order valence-corrected chi connectivity index (χ4v) is 3.96. The van der Waals surface area contributed by atoms with E-state index in [1.165, 1.54) is 16.7 Å². The molecular formula is C22H23NO3S. The van der Waals surface area contributed by atoms with Gasteiger partial charge >= 0.3 is 0 Å². The van der Waals surface area contributed by atoms with Crippen molar-refractivity contribution < 1.29 is 14.3 Å². The van der Waals surface area contributed by atoms with Gasteiger partial charge in [0.25, 0.3) is 11.8 Å². The molecule has 3 rings (SSSR count). The SMILES string of the molecule is CCOc1ccc(C2=C(Sc3ccccc3)C(=O)N(CC(C)C)C2=O)cc1. The van der Waals surface area contributed by atoms with Gasteiger partial charge in [0.05, 0.1) is 17.1 Å². The van der Waals surface area contributed by atoms with Crippen molar-refractivity contribution in [3.63, 3.8) is 0 Å². The Morgan fingerprint density at radius 3 is 2.22 bits per heavy atom. The summed E-state index contributed by atoms with van der Waals surface area (Å²) in [6.07, 6.45) is 0. The maximum Gasteiger partial charge on any atom is 0.268 e. The second-order valence-electron chi connectivity index (χ2n) is 6.69. The number of amides is 2. The first kappa shape index (κ1) is 19.2. The van der Waals surface area contributed by atoms with E-state index in [-0.39, 0.29) is 17.7 Å². The van der Waals surface area contributed by atoms with Crippen LogP contribution in [-0.4, -0.2) is 29.9 Å². The highest BCUT2D eigenvalue weighted by Gasteiger charge is 2.39. The molecule has 1 heterocycles. The van der Waals surface area contributed by atoms with Crippen molar-refractivity contribution in [1.29, 1.82) is 0 Å². The van der Waals surface area contributed by atoms with E-state index in [2.05, 4.69) is 0 Å². The van der Waals surface area contributed by atoms with Crippen molar-refractivity contribution in [2.75, 3.05) is 13.2 Å². The van der Waals surface area contributed by atoms with E-state index >= 15 is 0 Å². The molecule has 0 aliphatic carbocycles. The lowest BCUT2D eigenvalue weighted by atomic mass is 10.1. The third-order valence-corrected chi connectivity index (χ3v) is 5.18. The number of thioether (sulfide) groups is 1. The summed E-state index contributed by atoms with van der Waals surface area (Å²) in [4.78, 5) is 28.9. The van der Waals surface area contributed by atoms with E-state index in [4.69, 9.17) is 4.74 Å². The number of hydrogen-bond acceptors (Lipinski definition) is 4. The lowest BCUT2D eigenvalue weighted by Gasteiger charge is -2.17. The fraction of sp³-hybridized carbons (Fsp3) is 0.273. The number of carbonyl (C=O) groups is 2. The first-order valence-electron chi connectivity index (χ1n) is 9.07. The Kier molecular flexibility index (Phi) is 6.01. The molecule has 0 spiro atoms. The van der Waals surface area contributed by atoms with Crippen molar-refractivity contribution >= 4 is 29.1 Å². The molecule has 0 atom stereocenters. The van der Waals surface area contributed by atoms with Crippen molar-refractivity contribution in [3.05, 3.63) is 65.1 Å². The van der Waals surface area contributed by atoms with Crippen molar-refractivity contribution in [2.45, 2.75) is 25.7 Å². The van der Waals surface area contributed by atoms with Crippen LogP contribution in [0.1, 0.15) is 26.3 Å². The summed E-state index contributed by atoms with van der Waals surface area (Å²) in [6.45, 7) is 6.92. The molecule has 140 valence electrons. The maximum atomic E-state index is 13.1. The minimum absolute atomic E-state index is 0.209. The van der Waals surface area contributed by atoms with E-state index < -0.39 is 0 Å². The maximum absolute atomic E-state index is 13.1. The van der Waals surface area contributed by atoms with Gasteiger partial charge in [0.1, 0.15) is 5.75 Å². The van der Waals surface area contributed by atoms with Crippen LogP contribution in [0.5, 0.6) is 5.75 Å². The molecule has 0 saturated heterocycles. The van der Waals surface area contributed by atoms with Crippen LogP contribution in [0.3, 0.4) is 0 Å². The van der Waals surface area contributed by atoms with E-state index in [1.54, 1.807) is 0 Å². The molecular weight excluding hydrogens is 358 g/mol. The first-order valence-corrected chi connectivity index (χ1v) is 9.89. The Balaban J connectivity index is 2.01. The number of ether oxygens (including phenoxy) is 1. The molecule has 0 N–H and O–H groups in total. The van der Waals surface area contributed by atoms with Crippen LogP contribution in [0.15, 0.2) is 64.4 Å². The van der Waals surface area contributed by atoms with Crippen LogP contribution >= 0.6 is 11.8 Å². The van der Waals surface area contributed by atoms with Crippen molar-refractivity contribution in [1.82, 2.24) is 4.90 Å². The van der Waals surface area contributed by atoms with E-state index in [0.29, 0.717) is 23.6 Å². The molecule has 0 aromatic heterocycles. The molecule has 1 aliphatic rings. The Labute approximate surface area is 164 Å². The molecule has 0 radical (unpaired) electrons. The molecule has 2 amide bonds. The molecule has 0 saturated carbocycles. The molecule has 5 heteroatoms. The minimum atomic E-state index is -0.226. The standard InChI is InChI=1S/C22H23NO3S/c1-4-26-17-12-10-16(11-13-17)19-20(27-18-8-6-5-7-9-18)22(25)23(21(19)24)14-15(2)3/h5-13,15H,4,14H2,1-3H3. The quantitative estimate of drug-likeness (QED) is 0.657. The Hall–Kier alpha value is -2.53. The normalized spacial score (nSPS) is 14.4. The second kappa shape index (κ2) is 8.44. The van der Waals surface area contributed by atoms with Crippen molar-refractivity contribution in [3.8, 4) is 5.75 Å². The number of nitrogens with zero attached hydrogens (tertiary/aromatic N) is 1. The zero-order valence-electron chi connectivity index (χ0n) is 15.8. The number of imide groups is 1. The zero-order chi connectivity index (χ0) is 19.4. The summed E-state index contributed by atoms with van der Waals surface area (Å²) in [5.74, 6) is 0.512. The number of benzene rings is 2. The summed E-state index contributed by atoms with van der Waals surface area (Å²) in [7, 11) is 0. The van der Waals surface area contributed by atoms with Gasteiger partial charge in [-0.1, -0.05) is 55.9 Å². The van der Waals surface area contributed by atoms with Gasteiger partial charge < -0.3 is 4.74 Å². The Bertz CT molecular complexity index is 857. The molecule has 2 aromatic carbocycles. The van der Waals surface area contributed by atoms with Crippen LogP contribution < -0.4 is 4.74 Å². The highest BCUT2D eigenvalue weighted by atomic mass is 32.2.